The molecule has 0 spiro atoms. The minimum absolute atomic E-state index is 0.880. The van der Waals surface area contributed by atoms with Gasteiger partial charge < -0.3 is 9.32 Å². The molecule has 0 saturated heterocycles. The molecule has 1 heterocycles. The number of aryl methyl sites for hydroxylation is 1. The summed E-state index contributed by atoms with van der Waals surface area (Å²) < 4.78 is 5.62. The minimum atomic E-state index is 0.880. The molecule has 0 amide bonds. The average molecular weight is 199 g/mol. The molecule has 1 aromatic rings. The standard InChI is InChI=1S/C10H17NOS/c1-5-13-10-6-9(7-11(3)4)12-8(10)2/h6H,5,7H2,1-4H3. The summed E-state index contributed by atoms with van der Waals surface area (Å²) in [5.74, 6) is 3.20. The Balaban J connectivity index is 2.70. The summed E-state index contributed by atoms with van der Waals surface area (Å²) in [6.45, 7) is 5.06. The number of thioether (sulfide) groups is 1. The van der Waals surface area contributed by atoms with E-state index in [2.05, 4.69) is 17.9 Å². The van der Waals surface area contributed by atoms with Gasteiger partial charge in [-0.2, -0.15) is 0 Å². The van der Waals surface area contributed by atoms with Gasteiger partial charge in [0.25, 0.3) is 0 Å². The van der Waals surface area contributed by atoms with Crippen LogP contribution in [0.3, 0.4) is 0 Å². The van der Waals surface area contributed by atoms with Crippen molar-refractivity contribution in [3.8, 4) is 0 Å². The molecule has 0 aliphatic carbocycles. The van der Waals surface area contributed by atoms with Crippen molar-refractivity contribution in [1.29, 1.82) is 0 Å². The Morgan fingerprint density at radius 2 is 2.15 bits per heavy atom. The third-order valence-corrected chi connectivity index (χ3v) is 2.70. The molecule has 0 aromatic carbocycles. The second kappa shape index (κ2) is 4.72. The van der Waals surface area contributed by atoms with E-state index in [0.29, 0.717) is 0 Å². The van der Waals surface area contributed by atoms with Crippen LogP contribution >= 0.6 is 11.8 Å². The van der Waals surface area contributed by atoms with Crippen LogP contribution in [0.15, 0.2) is 15.4 Å². The molecular weight excluding hydrogens is 182 g/mol. The Hall–Kier alpha value is -0.410. The summed E-state index contributed by atoms with van der Waals surface area (Å²) in [5, 5.41) is 0. The molecule has 1 aromatic heterocycles. The van der Waals surface area contributed by atoms with E-state index < -0.39 is 0 Å². The zero-order valence-corrected chi connectivity index (χ0v) is 9.57. The Morgan fingerprint density at radius 3 is 2.69 bits per heavy atom. The van der Waals surface area contributed by atoms with E-state index in [9.17, 15) is 0 Å². The first-order valence-electron chi connectivity index (χ1n) is 4.50. The Kier molecular flexibility index (Phi) is 3.88. The fourth-order valence-electron chi connectivity index (χ4n) is 1.21. The van der Waals surface area contributed by atoms with Crippen molar-refractivity contribution in [2.45, 2.75) is 25.3 Å². The highest BCUT2D eigenvalue weighted by molar-refractivity contribution is 7.99. The van der Waals surface area contributed by atoms with E-state index in [1.165, 1.54) is 4.90 Å². The molecular formula is C10H17NOS. The van der Waals surface area contributed by atoms with Gasteiger partial charge in [0.05, 0.1) is 6.54 Å². The number of rotatable bonds is 4. The number of furan rings is 1. The van der Waals surface area contributed by atoms with Crippen LogP contribution in [0.5, 0.6) is 0 Å². The Bertz CT molecular complexity index is 268. The van der Waals surface area contributed by atoms with E-state index in [1.807, 2.05) is 32.8 Å². The van der Waals surface area contributed by atoms with Crippen molar-refractivity contribution in [1.82, 2.24) is 4.90 Å². The van der Waals surface area contributed by atoms with E-state index >= 15 is 0 Å². The summed E-state index contributed by atoms with van der Waals surface area (Å²) >= 11 is 1.84. The van der Waals surface area contributed by atoms with Crippen LogP contribution in [0, 0.1) is 6.92 Å². The smallest absolute Gasteiger partial charge is 0.119 e. The van der Waals surface area contributed by atoms with E-state index in [0.717, 1.165) is 23.8 Å². The largest absolute Gasteiger partial charge is 0.464 e. The quantitative estimate of drug-likeness (QED) is 0.694. The summed E-state index contributed by atoms with van der Waals surface area (Å²) in [6, 6.07) is 2.14. The lowest BCUT2D eigenvalue weighted by Gasteiger charge is -2.05. The van der Waals surface area contributed by atoms with Gasteiger partial charge in [-0.25, -0.2) is 0 Å². The molecule has 3 heteroatoms. The topological polar surface area (TPSA) is 16.4 Å². The van der Waals surface area contributed by atoms with E-state index in [1.54, 1.807) is 0 Å². The fraction of sp³-hybridized carbons (Fsp3) is 0.600. The summed E-state index contributed by atoms with van der Waals surface area (Å²) in [6.07, 6.45) is 0. The summed E-state index contributed by atoms with van der Waals surface area (Å²) in [4.78, 5) is 3.39. The molecule has 13 heavy (non-hydrogen) atoms. The summed E-state index contributed by atoms with van der Waals surface area (Å²) in [7, 11) is 4.09. The van der Waals surface area contributed by atoms with Crippen LogP contribution in [0.2, 0.25) is 0 Å². The van der Waals surface area contributed by atoms with Crippen molar-refractivity contribution >= 4 is 11.8 Å². The molecule has 0 fully saturated rings. The normalized spacial score (nSPS) is 11.2. The SMILES string of the molecule is CCSc1cc(CN(C)C)oc1C. The van der Waals surface area contributed by atoms with Crippen LogP contribution < -0.4 is 0 Å². The van der Waals surface area contributed by atoms with Crippen molar-refractivity contribution in [3.63, 3.8) is 0 Å². The second-order valence-electron chi connectivity index (χ2n) is 3.30. The lowest BCUT2D eigenvalue weighted by molar-refractivity contribution is 0.345. The maximum atomic E-state index is 5.62. The monoisotopic (exact) mass is 199 g/mol. The van der Waals surface area contributed by atoms with Crippen molar-refractivity contribution in [2.75, 3.05) is 19.8 Å². The molecule has 0 radical (unpaired) electrons. The molecule has 1 rings (SSSR count). The van der Waals surface area contributed by atoms with Crippen molar-refractivity contribution in [2.24, 2.45) is 0 Å². The fourth-order valence-corrected chi connectivity index (χ4v) is 1.98. The molecule has 0 unspecified atom stereocenters. The maximum Gasteiger partial charge on any atom is 0.119 e. The molecule has 0 N–H and O–H groups in total. The van der Waals surface area contributed by atoms with Gasteiger partial charge in [-0.15, -0.1) is 11.8 Å². The molecule has 74 valence electrons. The lowest BCUT2D eigenvalue weighted by atomic mass is 10.4. The van der Waals surface area contributed by atoms with Gasteiger partial charge >= 0.3 is 0 Å². The predicted octanol–water partition coefficient (Wildman–Crippen LogP) is 2.76. The highest BCUT2D eigenvalue weighted by Crippen LogP contribution is 2.25. The molecule has 0 aliphatic heterocycles. The third kappa shape index (κ3) is 3.08. The van der Waals surface area contributed by atoms with Gasteiger partial charge in [0.2, 0.25) is 0 Å². The van der Waals surface area contributed by atoms with Gasteiger partial charge in [-0.1, -0.05) is 6.92 Å². The van der Waals surface area contributed by atoms with Crippen molar-refractivity contribution in [3.05, 3.63) is 17.6 Å². The molecule has 0 bridgehead atoms. The van der Waals surface area contributed by atoms with Gasteiger partial charge in [0.1, 0.15) is 11.5 Å². The molecule has 2 nitrogen and oxygen atoms in total. The minimum Gasteiger partial charge on any atom is -0.464 e. The van der Waals surface area contributed by atoms with Gasteiger partial charge in [-0.05, 0) is 32.8 Å². The highest BCUT2D eigenvalue weighted by atomic mass is 32.2. The average Bonchev–Trinajstić information content (AvgIpc) is 2.31. The molecule has 0 saturated carbocycles. The molecule has 0 aliphatic rings. The number of hydrogen-bond acceptors (Lipinski definition) is 3. The summed E-state index contributed by atoms with van der Waals surface area (Å²) in [5.41, 5.74) is 0. The van der Waals surface area contributed by atoms with Crippen LogP contribution in [-0.4, -0.2) is 24.7 Å². The van der Waals surface area contributed by atoms with Crippen LogP contribution in [-0.2, 0) is 6.54 Å². The zero-order valence-electron chi connectivity index (χ0n) is 8.76. The number of hydrogen-bond donors (Lipinski definition) is 0. The highest BCUT2D eigenvalue weighted by Gasteiger charge is 2.07. The molecule has 0 atom stereocenters. The first kappa shape index (κ1) is 10.7. The third-order valence-electron chi connectivity index (χ3n) is 1.70. The van der Waals surface area contributed by atoms with Crippen LogP contribution in [0.25, 0.3) is 0 Å². The number of nitrogens with zero attached hydrogens (tertiary/aromatic N) is 1. The van der Waals surface area contributed by atoms with Gasteiger partial charge in [0, 0.05) is 4.90 Å². The van der Waals surface area contributed by atoms with E-state index in [-0.39, 0.29) is 0 Å². The second-order valence-corrected chi connectivity index (χ2v) is 4.61. The van der Waals surface area contributed by atoms with Gasteiger partial charge in [-0.3, -0.25) is 0 Å². The Morgan fingerprint density at radius 1 is 1.46 bits per heavy atom. The van der Waals surface area contributed by atoms with E-state index in [4.69, 9.17) is 4.42 Å². The zero-order chi connectivity index (χ0) is 9.84. The Labute approximate surface area is 84.3 Å². The van der Waals surface area contributed by atoms with Crippen LogP contribution in [0.1, 0.15) is 18.4 Å². The van der Waals surface area contributed by atoms with Crippen molar-refractivity contribution < 1.29 is 4.42 Å². The first-order valence-corrected chi connectivity index (χ1v) is 5.49. The lowest BCUT2D eigenvalue weighted by Crippen LogP contribution is -2.09. The predicted molar refractivity (Wildman–Crippen MR) is 57.2 cm³/mol. The van der Waals surface area contributed by atoms with Crippen LogP contribution in [0.4, 0.5) is 0 Å². The maximum absolute atomic E-state index is 5.62. The first-order chi connectivity index (χ1) is 6.13. The van der Waals surface area contributed by atoms with Gasteiger partial charge in [0.15, 0.2) is 0 Å².